The van der Waals surface area contributed by atoms with E-state index in [1.807, 2.05) is 0 Å². The topological polar surface area (TPSA) is 9.23 Å². The van der Waals surface area contributed by atoms with Crippen molar-refractivity contribution in [1.82, 2.24) is 0 Å². The first kappa shape index (κ1) is 25.4. The van der Waals surface area contributed by atoms with Crippen LogP contribution < -0.4 is 4.74 Å². The molecule has 0 N–H and O–H groups in total. The Hall–Kier alpha value is -1.24. The summed E-state index contributed by atoms with van der Waals surface area (Å²) < 4.78 is 6.47. The molecule has 4 aliphatic carbocycles. The van der Waals surface area contributed by atoms with Gasteiger partial charge in [0, 0.05) is 6.42 Å². The van der Waals surface area contributed by atoms with Crippen molar-refractivity contribution >= 4 is 0 Å². The smallest absolute Gasteiger partial charge is 0.119 e. The first-order valence-corrected chi connectivity index (χ1v) is 15.1. The number of hydrogen-bond donors (Lipinski definition) is 0. The van der Waals surface area contributed by atoms with E-state index in [2.05, 4.69) is 71.9 Å². The maximum Gasteiger partial charge on any atom is 0.119 e. The van der Waals surface area contributed by atoms with Gasteiger partial charge in [-0.2, -0.15) is 0 Å². The molecule has 5 rings (SSSR count). The van der Waals surface area contributed by atoms with Gasteiger partial charge in [-0.15, -0.1) is 0 Å². The van der Waals surface area contributed by atoms with Crippen LogP contribution in [0.1, 0.15) is 111 Å². The number of fused-ring (bicyclic) bond motifs is 5. The molecule has 1 aromatic carbocycles. The highest BCUT2D eigenvalue weighted by molar-refractivity contribution is 5.29. The molecule has 8 atom stereocenters. The second-order valence-electron chi connectivity index (χ2n) is 14.1. The number of allylic oxidation sites excluding steroid dienone is 1. The molecule has 0 saturated heterocycles. The zero-order valence-corrected chi connectivity index (χ0v) is 23.6. The molecule has 35 heavy (non-hydrogen) atoms. The minimum Gasteiger partial charge on any atom is -0.490 e. The average Bonchev–Trinajstić information content (AvgIpc) is 3.18. The molecule has 1 heteroatoms. The molecule has 1 aromatic rings. The summed E-state index contributed by atoms with van der Waals surface area (Å²) in [7, 11) is 0. The molecular formula is C34H52O. The van der Waals surface area contributed by atoms with E-state index in [-0.39, 0.29) is 0 Å². The standard InChI is InChI=1S/C34H52O/c1-23(2)8-7-9-25(4)30-16-17-31-29-15-12-26-22-28(35-27-13-10-24(3)11-14-27)18-20-33(26,5)32(29)19-21-34(30,31)6/h10-14,23,25,28-32H,7-9,15-22H2,1-6H3/t25-,28+,29+,30-,31-,32+,33+,34-/m1/s1. The number of benzene rings is 1. The number of hydrogen-bond acceptors (Lipinski definition) is 1. The number of aryl methyl sites for hydroxylation is 1. The molecule has 0 aliphatic heterocycles. The number of ether oxygens (including phenoxy) is 1. The normalized spacial score (nSPS) is 39.4. The van der Waals surface area contributed by atoms with Crippen LogP contribution in [0.15, 0.2) is 35.9 Å². The van der Waals surface area contributed by atoms with Gasteiger partial charge in [-0.25, -0.2) is 0 Å². The van der Waals surface area contributed by atoms with Gasteiger partial charge in [-0.05, 0) is 110 Å². The lowest BCUT2D eigenvalue weighted by Crippen LogP contribution is -2.51. The lowest BCUT2D eigenvalue weighted by molar-refractivity contribution is -0.0559. The van der Waals surface area contributed by atoms with Crippen LogP contribution in [0.3, 0.4) is 0 Å². The zero-order chi connectivity index (χ0) is 24.8. The summed E-state index contributed by atoms with van der Waals surface area (Å²) in [6.07, 6.45) is 18.3. The van der Waals surface area contributed by atoms with Gasteiger partial charge in [-0.1, -0.05) is 83.2 Å². The molecule has 4 aliphatic rings. The summed E-state index contributed by atoms with van der Waals surface area (Å²) in [6, 6.07) is 8.64. The Balaban J connectivity index is 1.26. The van der Waals surface area contributed by atoms with Gasteiger partial charge in [0.25, 0.3) is 0 Å². The monoisotopic (exact) mass is 476 g/mol. The molecule has 1 nitrogen and oxygen atoms in total. The van der Waals surface area contributed by atoms with Gasteiger partial charge in [0.1, 0.15) is 11.9 Å². The number of rotatable bonds is 7. The maximum absolute atomic E-state index is 6.47. The fourth-order valence-electron chi connectivity index (χ4n) is 9.56. The van der Waals surface area contributed by atoms with Gasteiger partial charge >= 0.3 is 0 Å². The molecule has 194 valence electrons. The Morgan fingerprint density at radius 3 is 2.43 bits per heavy atom. The second-order valence-corrected chi connectivity index (χ2v) is 14.1. The van der Waals surface area contributed by atoms with Gasteiger partial charge in [0.05, 0.1) is 0 Å². The highest BCUT2D eigenvalue weighted by Gasteiger charge is 2.59. The van der Waals surface area contributed by atoms with Gasteiger partial charge in [0.2, 0.25) is 0 Å². The van der Waals surface area contributed by atoms with Crippen molar-refractivity contribution in [2.45, 2.75) is 118 Å². The fraction of sp³-hybridized carbons (Fsp3) is 0.765. The highest BCUT2D eigenvalue weighted by Crippen LogP contribution is 2.67. The predicted octanol–water partition coefficient (Wildman–Crippen LogP) is 9.78. The molecule has 0 aromatic heterocycles. The van der Waals surface area contributed by atoms with Crippen LogP contribution in [0.4, 0.5) is 0 Å². The molecule has 0 radical (unpaired) electrons. The molecule has 0 heterocycles. The van der Waals surface area contributed by atoms with Crippen molar-refractivity contribution in [3.8, 4) is 5.75 Å². The largest absolute Gasteiger partial charge is 0.490 e. The summed E-state index contributed by atoms with van der Waals surface area (Å²) in [5.74, 6) is 6.53. The lowest BCUT2D eigenvalue weighted by Gasteiger charge is -2.58. The van der Waals surface area contributed by atoms with E-state index in [0.717, 1.165) is 47.7 Å². The van der Waals surface area contributed by atoms with E-state index in [9.17, 15) is 0 Å². The molecular weight excluding hydrogens is 424 g/mol. The highest BCUT2D eigenvalue weighted by atomic mass is 16.5. The minimum atomic E-state index is 0.352. The Morgan fingerprint density at radius 1 is 0.914 bits per heavy atom. The van der Waals surface area contributed by atoms with Crippen molar-refractivity contribution < 1.29 is 4.74 Å². The summed E-state index contributed by atoms with van der Waals surface area (Å²) in [4.78, 5) is 0. The van der Waals surface area contributed by atoms with Crippen molar-refractivity contribution in [2.24, 2.45) is 46.3 Å². The van der Waals surface area contributed by atoms with Gasteiger partial charge in [-0.3, -0.25) is 0 Å². The molecule has 3 saturated carbocycles. The molecule has 0 spiro atoms. The van der Waals surface area contributed by atoms with Crippen LogP contribution in [-0.2, 0) is 0 Å². The first-order valence-electron chi connectivity index (χ1n) is 15.1. The lowest BCUT2D eigenvalue weighted by atomic mass is 9.47. The molecule has 0 unspecified atom stereocenters. The van der Waals surface area contributed by atoms with E-state index in [1.165, 1.54) is 69.8 Å². The van der Waals surface area contributed by atoms with Crippen LogP contribution in [0.2, 0.25) is 0 Å². The maximum atomic E-state index is 6.47. The summed E-state index contributed by atoms with van der Waals surface area (Å²) in [5.41, 5.74) is 4.05. The van der Waals surface area contributed by atoms with Crippen LogP contribution in [-0.4, -0.2) is 6.10 Å². The molecule has 0 bridgehead atoms. The third-order valence-electron chi connectivity index (χ3n) is 11.6. The predicted molar refractivity (Wildman–Crippen MR) is 149 cm³/mol. The Morgan fingerprint density at radius 2 is 1.69 bits per heavy atom. The van der Waals surface area contributed by atoms with Crippen LogP contribution in [0.25, 0.3) is 0 Å². The Labute approximate surface area is 216 Å². The minimum absolute atomic E-state index is 0.352. The SMILES string of the molecule is Cc1ccc(O[C@H]2CC[C@@]3(C)C(=CC[C@H]4[C@H]5CC[C@H]([C@H](C)CCCC(C)C)[C@@]5(C)CC[C@@H]43)C2)cc1. The average molecular weight is 477 g/mol. The summed E-state index contributed by atoms with van der Waals surface area (Å²) >= 11 is 0. The van der Waals surface area contributed by atoms with E-state index in [4.69, 9.17) is 4.74 Å². The third kappa shape index (κ3) is 4.75. The van der Waals surface area contributed by atoms with Crippen LogP contribution >= 0.6 is 0 Å². The van der Waals surface area contributed by atoms with Crippen molar-refractivity contribution in [2.75, 3.05) is 0 Å². The van der Waals surface area contributed by atoms with E-state index in [1.54, 1.807) is 5.57 Å². The van der Waals surface area contributed by atoms with E-state index >= 15 is 0 Å². The van der Waals surface area contributed by atoms with Gasteiger partial charge < -0.3 is 4.74 Å². The van der Waals surface area contributed by atoms with Crippen molar-refractivity contribution in [3.63, 3.8) is 0 Å². The van der Waals surface area contributed by atoms with E-state index in [0.29, 0.717) is 16.9 Å². The van der Waals surface area contributed by atoms with Crippen LogP contribution in [0.5, 0.6) is 5.75 Å². The quantitative estimate of drug-likeness (QED) is 0.356. The van der Waals surface area contributed by atoms with E-state index < -0.39 is 0 Å². The Bertz CT molecular complexity index is 896. The van der Waals surface area contributed by atoms with Crippen LogP contribution in [0, 0.1) is 53.3 Å². The first-order chi connectivity index (χ1) is 16.7. The molecule has 0 amide bonds. The van der Waals surface area contributed by atoms with Gasteiger partial charge in [0.15, 0.2) is 0 Å². The Kier molecular flexibility index (Phi) is 7.19. The zero-order valence-electron chi connectivity index (χ0n) is 23.6. The van der Waals surface area contributed by atoms with Crippen molar-refractivity contribution in [1.29, 1.82) is 0 Å². The third-order valence-corrected chi connectivity index (χ3v) is 11.6. The fourth-order valence-corrected chi connectivity index (χ4v) is 9.56. The summed E-state index contributed by atoms with van der Waals surface area (Å²) in [6.45, 7) is 14.9. The van der Waals surface area contributed by atoms with Crippen molar-refractivity contribution in [3.05, 3.63) is 41.5 Å². The second kappa shape index (κ2) is 9.90. The summed E-state index contributed by atoms with van der Waals surface area (Å²) in [5, 5.41) is 0. The molecule has 3 fully saturated rings.